The Morgan fingerprint density at radius 1 is 1.40 bits per heavy atom. The summed E-state index contributed by atoms with van der Waals surface area (Å²) < 4.78 is 6.27. The first-order valence-electron chi connectivity index (χ1n) is 5.17. The minimum Gasteiger partial charge on any atom is -0.473 e. The van der Waals surface area contributed by atoms with E-state index in [4.69, 9.17) is 4.74 Å². The van der Waals surface area contributed by atoms with Crippen LogP contribution in [0.15, 0.2) is 11.1 Å². The van der Waals surface area contributed by atoms with E-state index in [1.54, 1.807) is 0 Å². The van der Waals surface area contributed by atoms with Gasteiger partial charge in [0.2, 0.25) is 5.88 Å². The summed E-state index contributed by atoms with van der Waals surface area (Å²) in [4.78, 5) is 17.9. The molecule has 15 heavy (non-hydrogen) atoms. The lowest BCUT2D eigenvalue weighted by Gasteiger charge is -2.22. The molecule has 0 atom stereocenters. The molecule has 0 radical (unpaired) electrons. The van der Waals surface area contributed by atoms with Crippen molar-refractivity contribution in [3.05, 3.63) is 20.3 Å². The average Bonchev–Trinajstić information content (AvgIpc) is 2.26. The summed E-state index contributed by atoms with van der Waals surface area (Å²) >= 11 is 1.97. The number of halogens is 1. The molecule has 1 saturated carbocycles. The summed E-state index contributed by atoms with van der Waals surface area (Å²) in [6, 6.07) is 0. The van der Waals surface area contributed by atoms with Crippen molar-refractivity contribution >= 4 is 22.6 Å². The second-order valence-corrected chi connectivity index (χ2v) is 4.81. The van der Waals surface area contributed by atoms with Crippen molar-refractivity contribution in [2.75, 3.05) is 0 Å². The first-order chi connectivity index (χ1) is 7.27. The minimum absolute atomic E-state index is 0.128. The summed E-state index contributed by atoms with van der Waals surface area (Å²) in [6.45, 7) is 0. The predicted octanol–water partition coefficient (Wildman–Crippen LogP) is 2.09. The van der Waals surface area contributed by atoms with Gasteiger partial charge >= 0.3 is 0 Å². The molecule has 0 aromatic carbocycles. The van der Waals surface area contributed by atoms with Crippen LogP contribution in [0, 0.1) is 3.57 Å². The van der Waals surface area contributed by atoms with Crippen LogP contribution in [0.3, 0.4) is 0 Å². The van der Waals surface area contributed by atoms with Crippen LogP contribution >= 0.6 is 22.6 Å². The maximum atomic E-state index is 11.3. The Balaban J connectivity index is 2.09. The van der Waals surface area contributed by atoms with Crippen molar-refractivity contribution < 1.29 is 4.74 Å². The Morgan fingerprint density at radius 2 is 2.13 bits per heavy atom. The molecule has 0 saturated heterocycles. The number of hydrogen-bond acceptors (Lipinski definition) is 3. The van der Waals surface area contributed by atoms with Gasteiger partial charge in [-0.05, 0) is 48.3 Å². The number of aromatic amines is 1. The predicted molar refractivity (Wildman–Crippen MR) is 65.1 cm³/mol. The van der Waals surface area contributed by atoms with E-state index in [2.05, 4.69) is 9.97 Å². The Bertz CT molecular complexity index is 385. The maximum absolute atomic E-state index is 11.3. The van der Waals surface area contributed by atoms with Gasteiger partial charge in [-0.15, -0.1) is 0 Å². The standard InChI is InChI=1S/C10H13IN2O2/c11-8-9(14)12-6-13-10(8)15-7-4-2-1-3-5-7/h6-7H,1-5H2,(H,12,13,14). The summed E-state index contributed by atoms with van der Waals surface area (Å²) in [5, 5.41) is 0. The molecule has 2 rings (SSSR count). The zero-order chi connectivity index (χ0) is 10.7. The van der Waals surface area contributed by atoms with Crippen LogP contribution in [0.1, 0.15) is 32.1 Å². The van der Waals surface area contributed by atoms with E-state index in [1.165, 1.54) is 25.6 Å². The minimum atomic E-state index is -0.128. The summed E-state index contributed by atoms with van der Waals surface area (Å²) in [5.41, 5.74) is -0.128. The fraction of sp³-hybridized carbons (Fsp3) is 0.600. The van der Waals surface area contributed by atoms with E-state index in [1.807, 2.05) is 22.6 Å². The summed E-state index contributed by atoms with van der Waals surface area (Å²) in [6.07, 6.45) is 7.49. The molecule has 1 aromatic heterocycles. The number of rotatable bonds is 2. The third-order valence-corrected chi connectivity index (χ3v) is 3.55. The second-order valence-electron chi connectivity index (χ2n) is 3.73. The van der Waals surface area contributed by atoms with Crippen molar-refractivity contribution in [1.29, 1.82) is 0 Å². The quantitative estimate of drug-likeness (QED) is 0.849. The fourth-order valence-corrected chi connectivity index (χ4v) is 2.21. The topological polar surface area (TPSA) is 55.0 Å². The van der Waals surface area contributed by atoms with Crippen molar-refractivity contribution in [3.8, 4) is 5.88 Å². The maximum Gasteiger partial charge on any atom is 0.268 e. The number of ether oxygens (including phenoxy) is 1. The second kappa shape index (κ2) is 4.96. The Kier molecular flexibility index (Phi) is 3.61. The molecule has 0 unspecified atom stereocenters. The van der Waals surface area contributed by atoms with Gasteiger partial charge in [0, 0.05) is 0 Å². The third-order valence-electron chi connectivity index (χ3n) is 2.60. The first-order valence-corrected chi connectivity index (χ1v) is 6.25. The first kappa shape index (κ1) is 10.9. The van der Waals surface area contributed by atoms with E-state index < -0.39 is 0 Å². The van der Waals surface area contributed by atoms with E-state index in [9.17, 15) is 4.79 Å². The van der Waals surface area contributed by atoms with Crippen molar-refractivity contribution in [1.82, 2.24) is 9.97 Å². The van der Waals surface area contributed by atoms with E-state index in [-0.39, 0.29) is 11.7 Å². The highest BCUT2D eigenvalue weighted by Crippen LogP contribution is 2.23. The number of nitrogens with one attached hydrogen (secondary N) is 1. The Hall–Kier alpha value is -0.590. The molecule has 4 nitrogen and oxygen atoms in total. The van der Waals surface area contributed by atoms with Crippen LogP contribution in [-0.4, -0.2) is 16.1 Å². The zero-order valence-electron chi connectivity index (χ0n) is 8.33. The van der Waals surface area contributed by atoms with E-state index >= 15 is 0 Å². The van der Waals surface area contributed by atoms with Gasteiger partial charge in [0.05, 0.1) is 6.33 Å². The number of aromatic nitrogens is 2. The fourth-order valence-electron chi connectivity index (χ4n) is 1.79. The molecule has 1 aromatic rings. The lowest BCUT2D eigenvalue weighted by Crippen LogP contribution is -2.22. The lowest BCUT2D eigenvalue weighted by molar-refractivity contribution is 0.147. The normalized spacial score (nSPS) is 17.7. The van der Waals surface area contributed by atoms with E-state index in [0.29, 0.717) is 9.45 Å². The van der Waals surface area contributed by atoms with Crippen LogP contribution in [0.25, 0.3) is 0 Å². The molecule has 1 fully saturated rings. The molecule has 1 aliphatic rings. The smallest absolute Gasteiger partial charge is 0.268 e. The highest BCUT2D eigenvalue weighted by atomic mass is 127. The van der Waals surface area contributed by atoms with Gasteiger partial charge in [0.15, 0.2) is 0 Å². The lowest BCUT2D eigenvalue weighted by atomic mass is 9.98. The third kappa shape index (κ3) is 2.70. The highest BCUT2D eigenvalue weighted by Gasteiger charge is 2.17. The van der Waals surface area contributed by atoms with Crippen LogP contribution in [0.5, 0.6) is 5.88 Å². The average molecular weight is 320 g/mol. The van der Waals surface area contributed by atoms with Gasteiger partial charge in [0.1, 0.15) is 9.67 Å². The molecule has 1 N–H and O–H groups in total. The highest BCUT2D eigenvalue weighted by molar-refractivity contribution is 14.1. The number of nitrogens with zero attached hydrogens (tertiary/aromatic N) is 1. The zero-order valence-corrected chi connectivity index (χ0v) is 10.5. The van der Waals surface area contributed by atoms with Gasteiger partial charge in [-0.3, -0.25) is 4.79 Å². The molecular formula is C10H13IN2O2. The van der Waals surface area contributed by atoms with Crippen LogP contribution in [-0.2, 0) is 0 Å². The number of H-pyrrole nitrogens is 1. The molecule has 0 spiro atoms. The molecule has 1 heterocycles. The monoisotopic (exact) mass is 320 g/mol. The Labute approximate surface area is 102 Å². The van der Waals surface area contributed by atoms with Crippen molar-refractivity contribution in [2.24, 2.45) is 0 Å². The van der Waals surface area contributed by atoms with Gasteiger partial charge < -0.3 is 9.72 Å². The summed E-state index contributed by atoms with van der Waals surface area (Å²) in [7, 11) is 0. The molecular weight excluding hydrogens is 307 g/mol. The largest absolute Gasteiger partial charge is 0.473 e. The molecule has 0 aliphatic heterocycles. The van der Waals surface area contributed by atoms with Gasteiger partial charge in [-0.25, -0.2) is 4.98 Å². The molecule has 0 bridgehead atoms. The van der Waals surface area contributed by atoms with Crippen LogP contribution in [0.4, 0.5) is 0 Å². The molecule has 5 heteroatoms. The van der Waals surface area contributed by atoms with Gasteiger partial charge in [-0.1, -0.05) is 6.42 Å². The van der Waals surface area contributed by atoms with Crippen LogP contribution < -0.4 is 10.3 Å². The molecule has 1 aliphatic carbocycles. The van der Waals surface area contributed by atoms with Crippen LogP contribution in [0.2, 0.25) is 0 Å². The van der Waals surface area contributed by atoms with Crippen molar-refractivity contribution in [2.45, 2.75) is 38.2 Å². The molecule has 0 amide bonds. The molecule has 82 valence electrons. The van der Waals surface area contributed by atoms with Gasteiger partial charge in [-0.2, -0.15) is 0 Å². The SMILES string of the molecule is O=c1[nH]cnc(OC2CCCCC2)c1I. The number of hydrogen-bond donors (Lipinski definition) is 1. The summed E-state index contributed by atoms with van der Waals surface area (Å²) in [5.74, 6) is 0.478. The van der Waals surface area contributed by atoms with Gasteiger partial charge in [0.25, 0.3) is 5.56 Å². The Morgan fingerprint density at radius 3 is 2.87 bits per heavy atom. The van der Waals surface area contributed by atoms with E-state index in [0.717, 1.165) is 12.8 Å². The van der Waals surface area contributed by atoms with Crippen molar-refractivity contribution in [3.63, 3.8) is 0 Å².